The standard InChI is InChI=1S/C19H25FN4O2S.HI/c1-14-4-5-15(2)18(12-14)27(25,26)24-11-10-22-19(21-3)23-13-16-6-8-17(20)9-7-16;/h4-9,12,24H,10-11,13H2,1-3H3,(H2,21,22,23);1H. The summed E-state index contributed by atoms with van der Waals surface area (Å²) in [5.74, 6) is 0.252. The maximum Gasteiger partial charge on any atom is 0.240 e. The van der Waals surface area contributed by atoms with Crippen molar-refractivity contribution in [1.29, 1.82) is 0 Å². The first kappa shape index (κ1) is 24.3. The molecule has 0 bridgehead atoms. The Labute approximate surface area is 183 Å². The lowest BCUT2D eigenvalue weighted by Gasteiger charge is -2.13. The van der Waals surface area contributed by atoms with Gasteiger partial charge in [0.2, 0.25) is 10.0 Å². The van der Waals surface area contributed by atoms with Gasteiger partial charge in [-0.3, -0.25) is 4.99 Å². The number of guanidine groups is 1. The van der Waals surface area contributed by atoms with Crippen molar-refractivity contribution in [2.45, 2.75) is 25.3 Å². The van der Waals surface area contributed by atoms with E-state index in [1.54, 1.807) is 38.2 Å². The molecule has 0 radical (unpaired) electrons. The van der Waals surface area contributed by atoms with Gasteiger partial charge in [0.1, 0.15) is 5.82 Å². The van der Waals surface area contributed by atoms with E-state index in [9.17, 15) is 12.8 Å². The van der Waals surface area contributed by atoms with Crippen LogP contribution >= 0.6 is 24.0 Å². The maximum absolute atomic E-state index is 12.9. The molecule has 154 valence electrons. The molecule has 9 heteroatoms. The van der Waals surface area contributed by atoms with Gasteiger partial charge in [0.05, 0.1) is 4.90 Å². The monoisotopic (exact) mass is 520 g/mol. The number of halogens is 2. The normalized spacial score (nSPS) is 11.6. The fourth-order valence-corrected chi connectivity index (χ4v) is 3.81. The molecule has 0 saturated carbocycles. The molecular formula is C19H26FIN4O2S. The third-order valence-electron chi connectivity index (χ3n) is 3.94. The van der Waals surface area contributed by atoms with Gasteiger partial charge in [-0.05, 0) is 48.7 Å². The molecule has 0 heterocycles. The summed E-state index contributed by atoms with van der Waals surface area (Å²) < 4.78 is 40.4. The molecule has 0 atom stereocenters. The molecule has 3 N–H and O–H groups in total. The van der Waals surface area contributed by atoms with Crippen molar-refractivity contribution in [1.82, 2.24) is 15.4 Å². The van der Waals surface area contributed by atoms with Gasteiger partial charge in [-0.15, -0.1) is 24.0 Å². The summed E-state index contributed by atoms with van der Waals surface area (Å²) in [5, 5.41) is 6.13. The summed E-state index contributed by atoms with van der Waals surface area (Å²) in [6.07, 6.45) is 0. The van der Waals surface area contributed by atoms with Crippen molar-refractivity contribution in [3.63, 3.8) is 0 Å². The first-order valence-corrected chi connectivity index (χ1v) is 10.1. The summed E-state index contributed by atoms with van der Waals surface area (Å²) >= 11 is 0. The van der Waals surface area contributed by atoms with Crippen LogP contribution in [0.4, 0.5) is 4.39 Å². The van der Waals surface area contributed by atoms with Crippen LogP contribution in [0, 0.1) is 19.7 Å². The highest BCUT2D eigenvalue weighted by Crippen LogP contribution is 2.16. The minimum atomic E-state index is -3.56. The topological polar surface area (TPSA) is 82.6 Å². The second kappa shape index (κ2) is 11.3. The third-order valence-corrected chi connectivity index (χ3v) is 5.54. The number of benzene rings is 2. The van der Waals surface area contributed by atoms with E-state index in [-0.39, 0.29) is 36.3 Å². The summed E-state index contributed by atoms with van der Waals surface area (Å²) in [6, 6.07) is 11.5. The van der Waals surface area contributed by atoms with Crippen LogP contribution in [-0.4, -0.2) is 34.5 Å². The molecule has 0 spiro atoms. The van der Waals surface area contributed by atoms with E-state index in [2.05, 4.69) is 20.3 Å². The van der Waals surface area contributed by atoms with E-state index in [1.807, 2.05) is 13.0 Å². The first-order valence-electron chi connectivity index (χ1n) is 8.57. The van der Waals surface area contributed by atoms with Gasteiger partial charge >= 0.3 is 0 Å². The summed E-state index contributed by atoms with van der Waals surface area (Å²) in [7, 11) is -1.94. The minimum Gasteiger partial charge on any atom is -0.355 e. The highest BCUT2D eigenvalue weighted by Gasteiger charge is 2.16. The summed E-state index contributed by atoms with van der Waals surface area (Å²) in [6.45, 7) is 4.69. The molecule has 0 aromatic heterocycles. The molecule has 28 heavy (non-hydrogen) atoms. The van der Waals surface area contributed by atoms with Crippen LogP contribution < -0.4 is 15.4 Å². The molecule has 0 fully saturated rings. The average Bonchev–Trinajstić information content (AvgIpc) is 2.64. The number of nitrogens with one attached hydrogen (secondary N) is 3. The molecule has 2 aromatic rings. The highest BCUT2D eigenvalue weighted by molar-refractivity contribution is 14.0. The fraction of sp³-hybridized carbons (Fsp3) is 0.316. The van der Waals surface area contributed by atoms with Crippen molar-refractivity contribution in [3.8, 4) is 0 Å². The number of aliphatic imine (C=N–C) groups is 1. The van der Waals surface area contributed by atoms with Crippen LogP contribution in [0.1, 0.15) is 16.7 Å². The lowest BCUT2D eigenvalue weighted by Crippen LogP contribution is -2.41. The van der Waals surface area contributed by atoms with Crippen molar-refractivity contribution in [3.05, 3.63) is 65.0 Å². The van der Waals surface area contributed by atoms with Crippen LogP contribution in [0.25, 0.3) is 0 Å². The van der Waals surface area contributed by atoms with E-state index in [0.717, 1.165) is 11.1 Å². The molecule has 0 aliphatic carbocycles. The molecule has 0 amide bonds. The lowest BCUT2D eigenvalue weighted by molar-refractivity contribution is 0.579. The Morgan fingerprint density at radius 1 is 1.04 bits per heavy atom. The molecule has 0 unspecified atom stereocenters. The van der Waals surface area contributed by atoms with Crippen molar-refractivity contribution in [2.75, 3.05) is 20.1 Å². The predicted octanol–water partition coefficient (Wildman–Crippen LogP) is 2.70. The second-order valence-corrected chi connectivity index (χ2v) is 7.88. The van der Waals surface area contributed by atoms with Gasteiger partial charge in [-0.25, -0.2) is 17.5 Å². The van der Waals surface area contributed by atoms with Crippen LogP contribution in [0.2, 0.25) is 0 Å². The highest BCUT2D eigenvalue weighted by atomic mass is 127. The molecule has 2 aromatic carbocycles. The van der Waals surface area contributed by atoms with Crippen LogP contribution in [0.3, 0.4) is 0 Å². The Morgan fingerprint density at radius 3 is 2.36 bits per heavy atom. The molecular weight excluding hydrogens is 494 g/mol. The number of hydrogen-bond donors (Lipinski definition) is 3. The van der Waals surface area contributed by atoms with Crippen LogP contribution in [0.5, 0.6) is 0 Å². The van der Waals surface area contributed by atoms with E-state index in [0.29, 0.717) is 29.5 Å². The number of aryl methyl sites for hydroxylation is 2. The first-order chi connectivity index (χ1) is 12.8. The van der Waals surface area contributed by atoms with Crippen molar-refractivity contribution >= 4 is 40.0 Å². The van der Waals surface area contributed by atoms with E-state index in [4.69, 9.17) is 0 Å². The van der Waals surface area contributed by atoms with Gasteiger partial charge in [-0.2, -0.15) is 0 Å². The van der Waals surface area contributed by atoms with E-state index in [1.165, 1.54) is 12.1 Å². The van der Waals surface area contributed by atoms with Gasteiger partial charge in [0, 0.05) is 26.7 Å². The summed E-state index contributed by atoms with van der Waals surface area (Å²) in [5.41, 5.74) is 2.51. The Morgan fingerprint density at radius 2 is 1.71 bits per heavy atom. The molecule has 0 aliphatic heterocycles. The quantitative estimate of drug-likeness (QED) is 0.227. The molecule has 0 saturated heterocycles. The fourth-order valence-electron chi connectivity index (χ4n) is 2.45. The molecule has 2 rings (SSSR count). The minimum absolute atomic E-state index is 0. The number of hydrogen-bond acceptors (Lipinski definition) is 3. The molecule has 0 aliphatic rings. The predicted molar refractivity (Wildman–Crippen MR) is 121 cm³/mol. The van der Waals surface area contributed by atoms with Crippen molar-refractivity contribution < 1.29 is 12.8 Å². The number of sulfonamides is 1. The Hall–Kier alpha value is -1.72. The van der Waals surface area contributed by atoms with E-state index < -0.39 is 10.0 Å². The number of rotatable bonds is 7. The van der Waals surface area contributed by atoms with E-state index >= 15 is 0 Å². The number of nitrogens with zero attached hydrogens (tertiary/aromatic N) is 1. The Bertz CT molecular complexity index is 903. The summed E-state index contributed by atoms with van der Waals surface area (Å²) in [4.78, 5) is 4.37. The van der Waals surface area contributed by atoms with Crippen LogP contribution in [-0.2, 0) is 16.6 Å². The average molecular weight is 520 g/mol. The third kappa shape index (κ3) is 7.36. The second-order valence-electron chi connectivity index (χ2n) is 6.15. The van der Waals surface area contributed by atoms with Gasteiger partial charge in [0.15, 0.2) is 5.96 Å². The zero-order valence-corrected chi connectivity index (χ0v) is 19.3. The zero-order valence-electron chi connectivity index (χ0n) is 16.1. The molecule has 6 nitrogen and oxygen atoms in total. The SMILES string of the molecule is CN=C(NCCNS(=O)(=O)c1cc(C)ccc1C)NCc1ccc(F)cc1.I. The zero-order chi connectivity index (χ0) is 19.9. The Balaban J connectivity index is 0.00000392. The van der Waals surface area contributed by atoms with Crippen molar-refractivity contribution in [2.24, 2.45) is 4.99 Å². The van der Waals surface area contributed by atoms with Gasteiger partial charge in [0.25, 0.3) is 0 Å². The largest absolute Gasteiger partial charge is 0.355 e. The van der Waals surface area contributed by atoms with Gasteiger partial charge < -0.3 is 10.6 Å². The Kier molecular flexibility index (Phi) is 9.83. The maximum atomic E-state index is 12.9. The lowest BCUT2D eigenvalue weighted by atomic mass is 10.2. The van der Waals surface area contributed by atoms with Crippen LogP contribution in [0.15, 0.2) is 52.4 Å². The van der Waals surface area contributed by atoms with Gasteiger partial charge in [-0.1, -0.05) is 24.3 Å². The smallest absolute Gasteiger partial charge is 0.240 e.